The molecule has 1 aromatic carbocycles. The number of halogens is 1. The van der Waals surface area contributed by atoms with Gasteiger partial charge in [0.15, 0.2) is 0 Å². The summed E-state index contributed by atoms with van der Waals surface area (Å²) >= 11 is 3.14. The lowest BCUT2D eigenvalue weighted by molar-refractivity contribution is -0.107. The molecule has 0 unspecified atom stereocenters. The van der Waals surface area contributed by atoms with Crippen LogP contribution in [0.25, 0.3) is 0 Å². The van der Waals surface area contributed by atoms with Crippen LogP contribution in [-0.2, 0) is 11.2 Å². The maximum atomic E-state index is 10.1. The Hall–Kier alpha value is -0.830. The van der Waals surface area contributed by atoms with Gasteiger partial charge in [-0.1, -0.05) is 6.07 Å². The zero-order valence-electron chi connectivity index (χ0n) is 5.75. The van der Waals surface area contributed by atoms with Gasteiger partial charge < -0.3 is 9.90 Å². The molecule has 0 saturated carbocycles. The highest BCUT2D eigenvalue weighted by Crippen LogP contribution is 2.24. The topological polar surface area (TPSA) is 37.3 Å². The summed E-state index contributed by atoms with van der Waals surface area (Å²) in [5.41, 5.74) is 0.820. The second-order valence-corrected chi connectivity index (χ2v) is 3.01. The van der Waals surface area contributed by atoms with E-state index in [0.717, 1.165) is 11.8 Å². The summed E-state index contributed by atoms with van der Waals surface area (Å²) < 4.78 is 0.646. The maximum Gasteiger partial charge on any atom is 0.130 e. The van der Waals surface area contributed by atoms with Crippen LogP contribution in [0.4, 0.5) is 0 Å². The SMILES string of the molecule is O=CCc1ccc(Br)c(O)c1. The first-order valence-corrected chi connectivity index (χ1v) is 3.94. The number of carbonyl (C=O) groups is 1. The van der Waals surface area contributed by atoms with Gasteiger partial charge in [0.2, 0.25) is 0 Å². The number of aromatic hydroxyl groups is 1. The normalized spacial score (nSPS) is 9.55. The van der Waals surface area contributed by atoms with Gasteiger partial charge in [-0.15, -0.1) is 0 Å². The highest BCUT2D eigenvalue weighted by Gasteiger charge is 1.97. The van der Waals surface area contributed by atoms with Crippen molar-refractivity contribution in [3.05, 3.63) is 28.2 Å². The molecule has 0 aliphatic rings. The Morgan fingerprint density at radius 1 is 1.55 bits per heavy atom. The summed E-state index contributed by atoms with van der Waals surface area (Å²) in [5.74, 6) is 0.171. The molecule has 58 valence electrons. The maximum absolute atomic E-state index is 10.1. The average Bonchev–Trinajstić information content (AvgIpc) is 1.98. The minimum Gasteiger partial charge on any atom is -0.507 e. The Morgan fingerprint density at radius 2 is 2.27 bits per heavy atom. The largest absolute Gasteiger partial charge is 0.507 e. The van der Waals surface area contributed by atoms with Crippen molar-refractivity contribution >= 4 is 22.2 Å². The molecule has 0 spiro atoms. The summed E-state index contributed by atoms with van der Waals surface area (Å²) in [5, 5.41) is 9.16. The van der Waals surface area contributed by atoms with Crippen LogP contribution in [0, 0.1) is 0 Å². The molecule has 3 heteroatoms. The molecule has 0 heterocycles. The lowest BCUT2D eigenvalue weighted by Gasteiger charge is -1.98. The second-order valence-electron chi connectivity index (χ2n) is 2.16. The van der Waals surface area contributed by atoms with Crippen molar-refractivity contribution in [2.45, 2.75) is 6.42 Å². The zero-order chi connectivity index (χ0) is 8.27. The van der Waals surface area contributed by atoms with Crippen LogP contribution in [-0.4, -0.2) is 11.4 Å². The molecule has 1 N–H and O–H groups in total. The van der Waals surface area contributed by atoms with E-state index in [-0.39, 0.29) is 5.75 Å². The number of carbonyl (C=O) groups excluding carboxylic acids is 1. The fourth-order valence-corrected chi connectivity index (χ4v) is 1.03. The van der Waals surface area contributed by atoms with Gasteiger partial charge in [-0.25, -0.2) is 0 Å². The van der Waals surface area contributed by atoms with E-state index in [1.165, 1.54) is 0 Å². The van der Waals surface area contributed by atoms with Gasteiger partial charge in [0.25, 0.3) is 0 Å². The monoisotopic (exact) mass is 214 g/mol. The molecule has 11 heavy (non-hydrogen) atoms. The first kappa shape index (κ1) is 8.27. The molecular weight excluding hydrogens is 208 g/mol. The van der Waals surface area contributed by atoms with Gasteiger partial charge in [-0.3, -0.25) is 0 Å². The molecule has 0 bridgehead atoms. The molecule has 2 nitrogen and oxygen atoms in total. The number of benzene rings is 1. The van der Waals surface area contributed by atoms with Crippen molar-refractivity contribution in [3.63, 3.8) is 0 Å². The summed E-state index contributed by atoms with van der Waals surface area (Å²) in [6.07, 6.45) is 1.16. The molecule has 0 saturated heterocycles. The zero-order valence-corrected chi connectivity index (χ0v) is 7.34. The average molecular weight is 215 g/mol. The molecule has 1 aromatic rings. The molecule has 0 atom stereocenters. The summed E-state index contributed by atoms with van der Waals surface area (Å²) in [4.78, 5) is 10.1. The van der Waals surface area contributed by atoms with E-state index in [1.54, 1.807) is 18.2 Å². The van der Waals surface area contributed by atoms with Gasteiger partial charge >= 0.3 is 0 Å². The van der Waals surface area contributed by atoms with Gasteiger partial charge in [-0.05, 0) is 33.6 Å². The molecule has 0 aliphatic heterocycles. The Kier molecular flexibility index (Phi) is 2.65. The third-order valence-corrected chi connectivity index (χ3v) is 2.00. The van der Waals surface area contributed by atoms with Crippen molar-refractivity contribution < 1.29 is 9.90 Å². The number of aldehydes is 1. The molecule has 0 aliphatic carbocycles. The van der Waals surface area contributed by atoms with E-state index in [9.17, 15) is 4.79 Å². The lowest BCUT2D eigenvalue weighted by Crippen LogP contribution is -1.84. The van der Waals surface area contributed by atoms with Crippen molar-refractivity contribution in [2.24, 2.45) is 0 Å². The molecule has 1 rings (SSSR count). The number of phenols is 1. The molecular formula is C8H7BrO2. The van der Waals surface area contributed by atoms with Gasteiger partial charge in [0, 0.05) is 6.42 Å². The van der Waals surface area contributed by atoms with Gasteiger partial charge in [0.1, 0.15) is 12.0 Å². The van der Waals surface area contributed by atoms with E-state index in [0.29, 0.717) is 10.9 Å². The fraction of sp³-hybridized carbons (Fsp3) is 0.125. The number of hydrogen-bond acceptors (Lipinski definition) is 2. The first-order chi connectivity index (χ1) is 5.24. The Bertz CT molecular complexity index is 271. The second kappa shape index (κ2) is 3.53. The Morgan fingerprint density at radius 3 is 2.82 bits per heavy atom. The van der Waals surface area contributed by atoms with Crippen LogP contribution < -0.4 is 0 Å². The van der Waals surface area contributed by atoms with Gasteiger partial charge in [-0.2, -0.15) is 0 Å². The van der Waals surface area contributed by atoms with Crippen molar-refractivity contribution in [1.29, 1.82) is 0 Å². The summed E-state index contributed by atoms with van der Waals surface area (Å²) in [6.45, 7) is 0. The van der Waals surface area contributed by atoms with Gasteiger partial charge in [0.05, 0.1) is 4.47 Å². The third kappa shape index (κ3) is 2.05. The highest BCUT2D eigenvalue weighted by atomic mass is 79.9. The Labute approximate surface area is 73.0 Å². The highest BCUT2D eigenvalue weighted by molar-refractivity contribution is 9.10. The number of rotatable bonds is 2. The van der Waals surface area contributed by atoms with Crippen LogP contribution >= 0.6 is 15.9 Å². The van der Waals surface area contributed by atoms with E-state index in [2.05, 4.69) is 15.9 Å². The van der Waals surface area contributed by atoms with E-state index in [4.69, 9.17) is 5.11 Å². The van der Waals surface area contributed by atoms with Crippen molar-refractivity contribution in [2.75, 3.05) is 0 Å². The number of phenolic OH excluding ortho intramolecular Hbond substituents is 1. The van der Waals surface area contributed by atoms with Crippen molar-refractivity contribution in [3.8, 4) is 5.75 Å². The lowest BCUT2D eigenvalue weighted by atomic mass is 10.2. The Balaban J connectivity index is 2.95. The van der Waals surface area contributed by atoms with E-state index < -0.39 is 0 Å². The van der Waals surface area contributed by atoms with E-state index in [1.807, 2.05) is 0 Å². The predicted molar refractivity (Wildman–Crippen MR) is 45.6 cm³/mol. The van der Waals surface area contributed by atoms with Crippen molar-refractivity contribution in [1.82, 2.24) is 0 Å². The molecule has 0 fully saturated rings. The standard InChI is InChI=1S/C8H7BrO2/c9-7-2-1-6(3-4-10)5-8(7)11/h1-2,4-5,11H,3H2. The van der Waals surface area contributed by atoms with Crippen LogP contribution in [0.3, 0.4) is 0 Å². The minimum atomic E-state index is 0.171. The first-order valence-electron chi connectivity index (χ1n) is 3.15. The van der Waals surface area contributed by atoms with Crippen LogP contribution in [0.2, 0.25) is 0 Å². The third-order valence-electron chi connectivity index (χ3n) is 1.33. The quantitative estimate of drug-likeness (QED) is 0.765. The summed E-state index contributed by atoms with van der Waals surface area (Å²) in [7, 11) is 0. The van der Waals surface area contributed by atoms with Crippen LogP contribution in [0.5, 0.6) is 5.75 Å². The summed E-state index contributed by atoms with van der Waals surface area (Å²) in [6, 6.07) is 5.07. The van der Waals surface area contributed by atoms with Crippen LogP contribution in [0.1, 0.15) is 5.56 Å². The molecule has 0 radical (unpaired) electrons. The predicted octanol–water partition coefficient (Wildman–Crippen LogP) is 1.90. The molecule has 0 aromatic heterocycles. The number of hydrogen-bond donors (Lipinski definition) is 1. The fourth-order valence-electron chi connectivity index (χ4n) is 0.781. The smallest absolute Gasteiger partial charge is 0.130 e. The van der Waals surface area contributed by atoms with E-state index >= 15 is 0 Å². The minimum absolute atomic E-state index is 0.171. The van der Waals surface area contributed by atoms with Crippen LogP contribution in [0.15, 0.2) is 22.7 Å². The molecule has 0 amide bonds.